The van der Waals surface area contributed by atoms with Gasteiger partial charge < -0.3 is 19.7 Å². The van der Waals surface area contributed by atoms with Crippen molar-refractivity contribution in [3.63, 3.8) is 0 Å². The Bertz CT molecular complexity index is 802. The minimum atomic E-state index is -0.781. The lowest BCUT2D eigenvalue weighted by Crippen LogP contribution is -2.51. The first kappa shape index (κ1) is 22.3. The molecule has 0 aromatic heterocycles. The van der Waals surface area contributed by atoms with Gasteiger partial charge in [0.25, 0.3) is 0 Å². The van der Waals surface area contributed by atoms with Crippen LogP contribution in [0.1, 0.15) is 5.56 Å². The van der Waals surface area contributed by atoms with Gasteiger partial charge in [-0.1, -0.05) is 30.3 Å². The van der Waals surface area contributed by atoms with Gasteiger partial charge in [-0.05, 0) is 29.8 Å². The summed E-state index contributed by atoms with van der Waals surface area (Å²) in [5.41, 5.74) is 1.60. The molecular formula is C20H24N4O4S. The first-order chi connectivity index (χ1) is 14.0. The number of ether oxygens (including phenoxy) is 1. The standard InChI is InChI=1S/C20H24N4O4S/c1-24(16-8-10-17(28-2)11-9-16)19(26)18(14-15-6-4-3-5-7-15)22-20(27)23-29-21-12-13-25/h3-11,13,18,21H,12,14H2,1-2H3,(H2,22,23,27). The predicted octanol–water partition coefficient (Wildman–Crippen LogP) is 1.92. The Morgan fingerprint density at radius 3 is 2.45 bits per heavy atom. The van der Waals surface area contributed by atoms with E-state index in [1.807, 2.05) is 30.3 Å². The molecule has 9 heteroatoms. The molecule has 0 bridgehead atoms. The number of urea groups is 1. The molecule has 8 nitrogen and oxygen atoms in total. The number of benzene rings is 2. The number of likely N-dealkylation sites (N-methyl/N-ethyl adjacent to an activating group) is 1. The molecule has 154 valence electrons. The largest absolute Gasteiger partial charge is 0.497 e. The van der Waals surface area contributed by atoms with E-state index in [0.717, 1.165) is 17.7 Å². The molecule has 3 amide bonds. The van der Waals surface area contributed by atoms with Crippen LogP contribution in [0.15, 0.2) is 54.6 Å². The molecule has 2 aromatic carbocycles. The predicted molar refractivity (Wildman–Crippen MR) is 114 cm³/mol. The molecule has 2 rings (SSSR count). The molecule has 29 heavy (non-hydrogen) atoms. The maximum absolute atomic E-state index is 13.1. The van der Waals surface area contributed by atoms with Crippen LogP contribution >= 0.6 is 12.1 Å². The number of aldehydes is 1. The number of nitrogens with one attached hydrogen (secondary N) is 3. The van der Waals surface area contributed by atoms with Crippen LogP contribution in [0.25, 0.3) is 0 Å². The molecule has 0 saturated carbocycles. The number of nitrogens with zero attached hydrogens (tertiary/aromatic N) is 1. The average molecular weight is 417 g/mol. The maximum Gasteiger partial charge on any atom is 0.326 e. The van der Waals surface area contributed by atoms with Crippen LogP contribution in [0, 0.1) is 0 Å². The van der Waals surface area contributed by atoms with Crippen molar-refractivity contribution in [3.05, 3.63) is 60.2 Å². The maximum atomic E-state index is 13.1. The second kappa shape index (κ2) is 11.7. The third kappa shape index (κ3) is 7.13. The SMILES string of the molecule is COc1ccc(N(C)C(=O)C(Cc2ccccc2)NC(=O)NSNCC=O)cc1. The Labute approximate surface area is 174 Å². The van der Waals surface area contributed by atoms with E-state index in [4.69, 9.17) is 4.74 Å². The van der Waals surface area contributed by atoms with Crippen molar-refractivity contribution >= 4 is 36.0 Å². The fourth-order valence-electron chi connectivity index (χ4n) is 2.56. The molecule has 0 fully saturated rings. The normalized spacial score (nSPS) is 11.2. The Morgan fingerprint density at radius 2 is 1.83 bits per heavy atom. The molecule has 0 saturated heterocycles. The smallest absolute Gasteiger partial charge is 0.326 e. The van der Waals surface area contributed by atoms with E-state index in [1.54, 1.807) is 38.4 Å². The van der Waals surface area contributed by atoms with Crippen molar-refractivity contribution in [2.75, 3.05) is 25.6 Å². The third-order valence-electron chi connectivity index (χ3n) is 4.06. The number of hydrogen-bond donors (Lipinski definition) is 3. The highest BCUT2D eigenvalue weighted by molar-refractivity contribution is 7.96. The van der Waals surface area contributed by atoms with Gasteiger partial charge in [0, 0.05) is 31.3 Å². The summed E-state index contributed by atoms with van der Waals surface area (Å²) in [7, 11) is 3.23. The van der Waals surface area contributed by atoms with E-state index in [2.05, 4.69) is 14.8 Å². The van der Waals surface area contributed by atoms with Crippen LogP contribution < -0.4 is 24.4 Å². The zero-order valence-corrected chi connectivity index (χ0v) is 17.1. The van der Waals surface area contributed by atoms with Gasteiger partial charge in [-0.15, -0.1) is 0 Å². The van der Waals surface area contributed by atoms with Crippen LogP contribution in [0.5, 0.6) is 5.75 Å². The third-order valence-corrected chi connectivity index (χ3v) is 4.66. The van der Waals surface area contributed by atoms with E-state index in [9.17, 15) is 14.4 Å². The van der Waals surface area contributed by atoms with Crippen LogP contribution in [0.3, 0.4) is 0 Å². The van der Waals surface area contributed by atoms with Gasteiger partial charge in [0.15, 0.2) is 0 Å². The summed E-state index contributed by atoms with van der Waals surface area (Å²) in [6.07, 6.45) is 1.01. The van der Waals surface area contributed by atoms with Gasteiger partial charge in [0.2, 0.25) is 5.91 Å². The Balaban J connectivity index is 2.10. The molecule has 0 radical (unpaired) electrons. The summed E-state index contributed by atoms with van der Waals surface area (Å²) in [5, 5.41) is 2.70. The number of carbonyl (C=O) groups excluding carboxylic acids is 3. The lowest BCUT2D eigenvalue weighted by molar-refractivity contribution is -0.120. The molecule has 0 heterocycles. The summed E-state index contributed by atoms with van der Waals surface area (Å²) in [6, 6.07) is 15.2. The molecule has 1 unspecified atom stereocenters. The number of hydrogen-bond acceptors (Lipinski definition) is 6. The van der Waals surface area contributed by atoms with E-state index >= 15 is 0 Å². The highest BCUT2D eigenvalue weighted by Gasteiger charge is 2.25. The van der Waals surface area contributed by atoms with Crippen molar-refractivity contribution in [3.8, 4) is 5.75 Å². The van der Waals surface area contributed by atoms with Gasteiger partial charge in [-0.2, -0.15) is 0 Å². The number of amides is 3. The van der Waals surface area contributed by atoms with Crippen LogP contribution in [-0.4, -0.2) is 45.0 Å². The van der Waals surface area contributed by atoms with E-state index in [1.165, 1.54) is 4.90 Å². The molecule has 0 spiro atoms. The minimum absolute atomic E-state index is 0.0948. The second-order valence-corrected chi connectivity index (χ2v) is 6.73. The van der Waals surface area contributed by atoms with Crippen LogP contribution in [0.2, 0.25) is 0 Å². The summed E-state index contributed by atoms with van der Waals surface area (Å²) in [6.45, 7) is 0.0948. The van der Waals surface area contributed by atoms with Gasteiger partial charge in [-0.25, -0.2) is 9.52 Å². The van der Waals surface area contributed by atoms with Gasteiger partial charge in [0.1, 0.15) is 18.1 Å². The minimum Gasteiger partial charge on any atom is -0.497 e. The fraction of sp³-hybridized carbons (Fsp3) is 0.250. The van der Waals surface area contributed by atoms with Crippen molar-refractivity contribution in [2.24, 2.45) is 0 Å². The van der Waals surface area contributed by atoms with Gasteiger partial charge in [-0.3, -0.25) is 9.52 Å². The molecule has 0 aliphatic carbocycles. The summed E-state index contributed by atoms with van der Waals surface area (Å²) >= 11 is 0.873. The summed E-state index contributed by atoms with van der Waals surface area (Å²) < 4.78 is 10.3. The van der Waals surface area contributed by atoms with Crippen molar-refractivity contribution in [1.29, 1.82) is 0 Å². The van der Waals surface area contributed by atoms with Crippen LogP contribution in [-0.2, 0) is 16.0 Å². The number of carbonyl (C=O) groups is 3. The van der Waals surface area contributed by atoms with E-state index in [0.29, 0.717) is 24.1 Å². The fourth-order valence-corrected chi connectivity index (χ4v) is 2.94. The Kier molecular flexibility index (Phi) is 9.00. The van der Waals surface area contributed by atoms with Crippen molar-refractivity contribution in [2.45, 2.75) is 12.5 Å². The molecular weight excluding hydrogens is 392 g/mol. The lowest BCUT2D eigenvalue weighted by atomic mass is 10.0. The van der Waals surface area contributed by atoms with Gasteiger partial charge in [0.05, 0.1) is 13.7 Å². The average Bonchev–Trinajstić information content (AvgIpc) is 2.76. The van der Waals surface area contributed by atoms with E-state index < -0.39 is 12.1 Å². The van der Waals surface area contributed by atoms with Gasteiger partial charge >= 0.3 is 6.03 Å². The van der Waals surface area contributed by atoms with Crippen LogP contribution in [0.4, 0.5) is 10.5 Å². The highest BCUT2D eigenvalue weighted by Crippen LogP contribution is 2.19. The first-order valence-electron chi connectivity index (χ1n) is 8.89. The number of methoxy groups -OCH3 is 1. The Morgan fingerprint density at radius 1 is 1.14 bits per heavy atom. The summed E-state index contributed by atoms with van der Waals surface area (Å²) in [5.74, 6) is 0.424. The number of rotatable bonds is 10. The monoisotopic (exact) mass is 416 g/mol. The quantitative estimate of drug-likeness (QED) is 0.311. The van der Waals surface area contributed by atoms with Crippen molar-refractivity contribution < 1.29 is 19.1 Å². The zero-order valence-electron chi connectivity index (χ0n) is 16.3. The summed E-state index contributed by atoms with van der Waals surface area (Å²) in [4.78, 5) is 37.1. The highest BCUT2D eigenvalue weighted by atomic mass is 32.2. The number of anilines is 1. The first-order valence-corrected chi connectivity index (χ1v) is 9.71. The topological polar surface area (TPSA) is 99.8 Å². The van der Waals surface area contributed by atoms with E-state index in [-0.39, 0.29) is 12.5 Å². The zero-order chi connectivity index (χ0) is 21.1. The molecule has 2 aromatic rings. The molecule has 0 aliphatic heterocycles. The molecule has 1 atom stereocenters. The second-order valence-electron chi connectivity index (χ2n) is 6.03. The molecule has 0 aliphatic rings. The molecule has 3 N–H and O–H groups in total. The van der Waals surface area contributed by atoms with Crippen molar-refractivity contribution in [1.82, 2.24) is 14.8 Å². The lowest BCUT2D eigenvalue weighted by Gasteiger charge is -2.25. The Hall–Kier alpha value is -3.04.